The predicted molar refractivity (Wildman–Crippen MR) is 95.9 cm³/mol. The van der Waals surface area contributed by atoms with E-state index in [4.69, 9.17) is 0 Å². The molecule has 0 radical (unpaired) electrons. The van der Waals surface area contributed by atoms with Crippen molar-refractivity contribution in [1.29, 1.82) is 0 Å². The van der Waals surface area contributed by atoms with Crippen LogP contribution in [0.4, 0.5) is 0 Å². The number of ketones is 1. The van der Waals surface area contributed by atoms with Crippen molar-refractivity contribution in [3.8, 4) is 0 Å². The van der Waals surface area contributed by atoms with Crippen LogP contribution >= 0.6 is 0 Å². The molecule has 2 heteroatoms. The first-order valence-electron chi connectivity index (χ1n) is 8.85. The standard InChI is InChI=1S/C21H26OSe/c1-13-10-11-16-19(20(16,2)3)18-15(13)12-17(22)21(18,4)23-14-8-6-5-7-9-14/h5-9,12-13,16,18-19H,10-11H2,1-4H3/t13-,16-,18-,19-,21+/m1/s1. The molecule has 4 rings (SSSR count). The molecule has 0 amide bonds. The number of fused-ring (bicyclic) bond motifs is 3. The van der Waals surface area contributed by atoms with Crippen LogP contribution in [0.2, 0.25) is 4.31 Å². The van der Waals surface area contributed by atoms with Crippen molar-refractivity contribution < 1.29 is 4.79 Å². The van der Waals surface area contributed by atoms with E-state index in [-0.39, 0.29) is 19.3 Å². The van der Waals surface area contributed by atoms with Crippen molar-refractivity contribution in [2.45, 2.75) is 44.9 Å². The molecule has 5 atom stereocenters. The zero-order chi connectivity index (χ0) is 16.4. The van der Waals surface area contributed by atoms with Crippen molar-refractivity contribution >= 4 is 25.2 Å². The topological polar surface area (TPSA) is 17.1 Å². The zero-order valence-corrected chi connectivity index (χ0v) is 16.2. The Kier molecular flexibility index (Phi) is 3.45. The van der Waals surface area contributed by atoms with Crippen LogP contribution in [0, 0.1) is 29.1 Å². The quantitative estimate of drug-likeness (QED) is 0.716. The van der Waals surface area contributed by atoms with Gasteiger partial charge in [-0.15, -0.1) is 0 Å². The monoisotopic (exact) mass is 374 g/mol. The van der Waals surface area contributed by atoms with Gasteiger partial charge in [0.15, 0.2) is 0 Å². The van der Waals surface area contributed by atoms with Crippen LogP contribution in [0.15, 0.2) is 42.0 Å². The molecule has 0 saturated heterocycles. The molecule has 0 N–H and O–H groups in total. The third-order valence-corrected chi connectivity index (χ3v) is 9.70. The van der Waals surface area contributed by atoms with Gasteiger partial charge in [0, 0.05) is 0 Å². The molecule has 1 aromatic rings. The van der Waals surface area contributed by atoms with Crippen LogP contribution in [0.3, 0.4) is 0 Å². The van der Waals surface area contributed by atoms with Gasteiger partial charge in [-0.1, -0.05) is 0 Å². The molecule has 1 aromatic carbocycles. The Bertz CT molecular complexity index is 674. The molecular formula is C21H26OSe. The van der Waals surface area contributed by atoms with Crippen molar-refractivity contribution in [3.05, 3.63) is 42.0 Å². The van der Waals surface area contributed by atoms with Gasteiger partial charge < -0.3 is 0 Å². The Hall–Kier alpha value is -0.851. The summed E-state index contributed by atoms with van der Waals surface area (Å²) < 4.78 is 1.18. The summed E-state index contributed by atoms with van der Waals surface area (Å²) in [6.07, 6.45) is 4.65. The van der Waals surface area contributed by atoms with E-state index in [2.05, 4.69) is 64.1 Å². The summed E-state index contributed by atoms with van der Waals surface area (Å²) in [6, 6.07) is 10.7. The zero-order valence-electron chi connectivity index (χ0n) is 14.5. The van der Waals surface area contributed by atoms with Crippen LogP contribution in [0.25, 0.3) is 0 Å². The van der Waals surface area contributed by atoms with E-state index >= 15 is 0 Å². The van der Waals surface area contributed by atoms with E-state index in [1.54, 1.807) is 0 Å². The summed E-state index contributed by atoms with van der Waals surface area (Å²) in [6.45, 7) is 9.45. The van der Waals surface area contributed by atoms with Crippen molar-refractivity contribution in [3.63, 3.8) is 0 Å². The predicted octanol–water partition coefficient (Wildman–Crippen LogP) is 4.02. The molecule has 0 bridgehead atoms. The van der Waals surface area contributed by atoms with Gasteiger partial charge in [0.1, 0.15) is 0 Å². The van der Waals surface area contributed by atoms with E-state index in [1.165, 1.54) is 22.9 Å². The second-order valence-corrected chi connectivity index (χ2v) is 11.6. The molecule has 0 heterocycles. The van der Waals surface area contributed by atoms with Gasteiger partial charge in [0.25, 0.3) is 0 Å². The van der Waals surface area contributed by atoms with Gasteiger partial charge in [0.05, 0.1) is 0 Å². The summed E-state index contributed by atoms with van der Waals surface area (Å²) in [5, 5.41) is 0. The van der Waals surface area contributed by atoms with Crippen LogP contribution in [0.1, 0.15) is 40.5 Å². The van der Waals surface area contributed by atoms with E-state index in [0.29, 0.717) is 29.0 Å². The Morgan fingerprint density at radius 3 is 2.48 bits per heavy atom. The number of benzene rings is 1. The summed E-state index contributed by atoms with van der Waals surface area (Å²) >= 11 is 0.196. The first-order chi connectivity index (χ1) is 10.9. The fourth-order valence-corrected chi connectivity index (χ4v) is 8.13. The van der Waals surface area contributed by atoms with Crippen LogP contribution in [0.5, 0.6) is 0 Å². The first kappa shape index (κ1) is 15.7. The maximum atomic E-state index is 13.0. The van der Waals surface area contributed by atoms with E-state index in [0.717, 1.165) is 5.92 Å². The SMILES string of the molecule is C[C@@H]1CC[C@@H]2[C@H]([C@H]3C1=CC(=O)[C@]3(C)[Se]c1ccccc1)C2(C)C. The Labute approximate surface area is 146 Å². The number of carbonyl (C=O) groups is 1. The minimum absolute atomic E-state index is 0.182. The summed E-state index contributed by atoms with van der Waals surface area (Å²) in [7, 11) is 0. The van der Waals surface area contributed by atoms with E-state index < -0.39 is 0 Å². The summed E-state index contributed by atoms with van der Waals surface area (Å²) in [5.41, 5.74) is 1.90. The first-order valence-corrected chi connectivity index (χ1v) is 10.6. The molecule has 0 aliphatic heterocycles. The number of rotatable bonds is 2. The normalized spacial score (nSPS) is 40.9. The van der Waals surface area contributed by atoms with Crippen molar-refractivity contribution in [2.24, 2.45) is 29.1 Å². The van der Waals surface area contributed by atoms with Gasteiger partial charge in [-0.05, 0) is 0 Å². The van der Waals surface area contributed by atoms with Crippen LogP contribution in [-0.2, 0) is 4.79 Å². The van der Waals surface area contributed by atoms with E-state index in [1.807, 2.05) is 0 Å². The third-order valence-electron chi connectivity index (χ3n) is 6.79. The van der Waals surface area contributed by atoms with Crippen LogP contribution in [-0.4, -0.2) is 20.7 Å². The second kappa shape index (κ2) is 5.07. The van der Waals surface area contributed by atoms with Crippen LogP contribution < -0.4 is 4.46 Å². The molecule has 2 fully saturated rings. The summed E-state index contributed by atoms with van der Waals surface area (Å²) in [5.74, 6) is 2.99. The van der Waals surface area contributed by atoms with Gasteiger partial charge >= 0.3 is 146 Å². The number of allylic oxidation sites excluding steroid dienone is 2. The Balaban J connectivity index is 1.74. The fourth-order valence-electron chi connectivity index (χ4n) is 5.30. The number of hydrogen-bond donors (Lipinski definition) is 0. The van der Waals surface area contributed by atoms with Gasteiger partial charge in [-0.25, -0.2) is 0 Å². The molecule has 1 nitrogen and oxygen atoms in total. The summed E-state index contributed by atoms with van der Waals surface area (Å²) in [4.78, 5) is 13.0. The molecular weight excluding hydrogens is 347 g/mol. The molecule has 23 heavy (non-hydrogen) atoms. The second-order valence-electron chi connectivity index (χ2n) is 8.44. The molecule has 3 aliphatic rings. The average Bonchev–Trinajstić information content (AvgIpc) is 3.00. The molecule has 0 aromatic heterocycles. The van der Waals surface area contributed by atoms with Crippen molar-refractivity contribution in [2.75, 3.05) is 0 Å². The average molecular weight is 373 g/mol. The van der Waals surface area contributed by atoms with Gasteiger partial charge in [-0.3, -0.25) is 0 Å². The van der Waals surface area contributed by atoms with Gasteiger partial charge in [0.2, 0.25) is 0 Å². The fraction of sp³-hybridized carbons (Fsp3) is 0.571. The maximum absolute atomic E-state index is 13.0. The molecule has 2 saturated carbocycles. The molecule has 3 aliphatic carbocycles. The molecule has 0 spiro atoms. The Morgan fingerprint density at radius 1 is 1.09 bits per heavy atom. The molecule has 0 unspecified atom stereocenters. The number of carbonyl (C=O) groups excluding carboxylic acids is 1. The third kappa shape index (κ3) is 2.22. The van der Waals surface area contributed by atoms with E-state index in [9.17, 15) is 4.79 Å². The Morgan fingerprint density at radius 2 is 1.78 bits per heavy atom. The van der Waals surface area contributed by atoms with Crippen molar-refractivity contribution in [1.82, 2.24) is 0 Å². The number of hydrogen-bond acceptors (Lipinski definition) is 1. The minimum atomic E-state index is -0.182. The van der Waals surface area contributed by atoms with Gasteiger partial charge in [-0.2, -0.15) is 0 Å². The molecule has 122 valence electrons.